The zero-order valence-electron chi connectivity index (χ0n) is 13.2. The van der Waals surface area contributed by atoms with Gasteiger partial charge in [-0.3, -0.25) is 0 Å². The normalized spacial score (nSPS) is 27.2. The first kappa shape index (κ1) is 14.2. The number of fused-ring (bicyclic) bond motifs is 1. The molecule has 0 unspecified atom stereocenters. The predicted molar refractivity (Wildman–Crippen MR) is 80.6 cm³/mol. The molecule has 1 aliphatic carbocycles. The van der Waals surface area contributed by atoms with Crippen molar-refractivity contribution in [3.05, 3.63) is 29.8 Å². The molecule has 4 heteroatoms. The average molecular weight is 289 g/mol. The van der Waals surface area contributed by atoms with E-state index in [4.69, 9.17) is 9.47 Å². The largest absolute Gasteiger partial charge is 0.497 e. The smallest absolute Gasteiger partial charge is 0.410 e. The molecule has 2 atom stereocenters. The van der Waals surface area contributed by atoms with E-state index < -0.39 is 5.60 Å². The van der Waals surface area contributed by atoms with Gasteiger partial charge in [0.1, 0.15) is 11.4 Å². The predicted octanol–water partition coefficient (Wildman–Crippen LogP) is 3.20. The van der Waals surface area contributed by atoms with Crippen molar-refractivity contribution in [2.75, 3.05) is 20.2 Å². The lowest BCUT2D eigenvalue weighted by Gasteiger charge is -2.26. The maximum absolute atomic E-state index is 12.2. The number of nitrogens with zero attached hydrogens (tertiary/aromatic N) is 1. The second kappa shape index (κ2) is 4.65. The Balaban J connectivity index is 1.73. The van der Waals surface area contributed by atoms with Gasteiger partial charge in [-0.25, -0.2) is 4.79 Å². The van der Waals surface area contributed by atoms with Gasteiger partial charge >= 0.3 is 6.09 Å². The Morgan fingerprint density at radius 3 is 2.81 bits per heavy atom. The number of benzene rings is 1. The Kier molecular flexibility index (Phi) is 3.15. The first-order valence-electron chi connectivity index (χ1n) is 7.46. The molecule has 0 N–H and O–H groups in total. The van der Waals surface area contributed by atoms with Gasteiger partial charge in [0.25, 0.3) is 0 Å². The van der Waals surface area contributed by atoms with E-state index in [0.717, 1.165) is 25.3 Å². The highest BCUT2D eigenvalue weighted by molar-refractivity contribution is 5.69. The minimum absolute atomic E-state index is 0.117. The SMILES string of the molecule is COc1cccc([C@]23C[C@H]2CN(C(=O)OC(C)(C)C)C3)c1. The van der Waals surface area contributed by atoms with Crippen LogP contribution in [0.5, 0.6) is 5.75 Å². The third-order valence-electron chi connectivity index (χ3n) is 4.44. The molecule has 1 aromatic carbocycles. The van der Waals surface area contributed by atoms with E-state index in [0.29, 0.717) is 5.92 Å². The summed E-state index contributed by atoms with van der Waals surface area (Å²) in [4.78, 5) is 14.0. The zero-order valence-corrected chi connectivity index (χ0v) is 13.2. The summed E-state index contributed by atoms with van der Waals surface area (Å²) in [5, 5.41) is 0. The average Bonchev–Trinajstić information content (AvgIpc) is 2.99. The van der Waals surface area contributed by atoms with E-state index in [9.17, 15) is 4.79 Å². The number of carbonyl (C=O) groups excluding carboxylic acids is 1. The van der Waals surface area contributed by atoms with Crippen molar-refractivity contribution < 1.29 is 14.3 Å². The standard InChI is InChI=1S/C17H23NO3/c1-16(2,3)21-15(19)18-10-13-9-17(13,11-18)12-6-5-7-14(8-12)20-4/h5-8,13H,9-11H2,1-4H3/t13-,17+/m0/s1. The number of amides is 1. The summed E-state index contributed by atoms with van der Waals surface area (Å²) in [6, 6.07) is 8.21. The number of ether oxygens (including phenoxy) is 2. The number of hydrogen-bond donors (Lipinski definition) is 0. The molecule has 1 amide bonds. The Labute approximate surface area is 126 Å². The van der Waals surface area contributed by atoms with Gasteiger partial charge in [-0.2, -0.15) is 0 Å². The van der Waals surface area contributed by atoms with Gasteiger partial charge in [0, 0.05) is 18.5 Å². The van der Waals surface area contributed by atoms with Gasteiger partial charge in [-0.1, -0.05) is 12.1 Å². The van der Waals surface area contributed by atoms with Crippen LogP contribution >= 0.6 is 0 Å². The second-order valence-corrected chi connectivity index (χ2v) is 7.15. The first-order valence-corrected chi connectivity index (χ1v) is 7.46. The maximum Gasteiger partial charge on any atom is 0.410 e. The first-order chi connectivity index (χ1) is 9.84. The summed E-state index contributed by atoms with van der Waals surface area (Å²) in [5.41, 5.74) is 0.955. The highest BCUT2D eigenvalue weighted by Gasteiger charge is 2.62. The molecular formula is C17H23NO3. The van der Waals surface area contributed by atoms with Crippen LogP contribution in [-0.2, 0) is 10.2 Å². The van der Waals surface area contributed by atoms with Crippen LogP contribution in [0.15, 0.2) is 24.3 Å². The van der Waals surface area contributed by atoms with Gasteiger partial charge < -0.3 is 14.4 Å². The van der Waals surface area contributed by atoms with Crippen molar-refractivity contribution in [3.8, 4) is 5.75 Å². The third kappa shape index (κ3) is 2.59. The molecule has 1 saturated carbocycles. The van der Waals surface area contributed by atoms with Crippen molar-refractivity contribution in [2.24, 2.45) is 5.92 Å². The van der Waals surface area contributed by atoms with E-state index >= 15 is 0 Å². The molecule has 0 radical (unpaired) electrons. The van der Waals surface area contributed by atoms with Gasteiger partial charge in [0.15, 0.2) is 0 Å². The minimum Gasteiger partial charge on any atom is -0.497 e. The van der Waals surface area contributed by atoms with Crippen molar-refractivity contribution in [1.82, 2.24) is 4.90 Å². The molecule has 2 fully saturated rings. The zero-order chi connectivity index (χ0) is 15.3. The van der Waals surface area contributed by atoms with Crippen LogP contribution in [0, 0.1) is 5.92 Å². The highest BCUT2D eigenvalue weighted by atomic mass is 16.6. The molecule has 114 valence electrons. The van der Waals surface area contributed by atoms with Gasteiger partial charge in [-0.05, 0) is 50.8 Å². The Morgan fingerprint density at radius 2 is 2.14 bits per heavy atom. The molecule has 1 heterocycles. The van der Waals surface area contributed by atoms with Crippen LogP contribution in [0.4, 0.5) is 4.79 Å². The monoisotopic (exact) mass is 289 g/mol. The summed E-state index contributed by atoms with van der Waals surface area (Å²) in [6.07, 6.45) is 0.955. The number of rotatable bonds is 2. The van der Waals surface area contributed by atoms with E-state index in [2.05, 4.69) is 12.1 Å². The summed E-state index contributed by atoms with van der Waals surface area (Å²) in [7, 11) is 1.68. The molecular weight excluding hydrogens is 266 g/mol. The second-order valence-electron chi connectivity index (χ2n) is 7.15. The Bertz CT molecular complexity index is 563. The highest BCUT2D eigenvalue weighted by Crippen LogP contribution is 2.59. The van der Waals surface area contributed by atoms with Gasteiger partial charge in [-0.15, -0.1) is 0 Å². The number of likely N-dealkylation sites (tertiary alicyclic amines) is 1. The quantitative estimate of drug-likeness (QED) is 0.839. The Hall–Kier alpha value is -1.71. The molecule has 0 aromatic heterocycles. The molecule has 4 nitrogen and oxygen atoms in total. The van der Waals surface area contributed by atoms with Gasteiger partial charge in [0.2, 0.25) is 0 Å². The van der Waals surface area contributed by atoms with E-state index in [1.807, 2.05) is 37.8 Å². The molecule has 21 heavy (non-hydrogen) atoms. The van der Waals surface area contributed by atoms with Crippen molar-refractivity contribution in [3.63, 3.8) is 0 Å². The van der Waals surface area contributed by atoms with Gasteiger partial charge in [0.05, 0.1) is 7.11 Å². The third-order valence-corrected chi connectivity index (χ3v) is 4.44. The molecule has 0 bridgehead atoms. The molecule has 1 aromatic rings. The van der Waals surface area contributed by atoms with Crippen LogP contribution in [0.1, 0.15) is 32.8 Å². The van der Waals surface area contributed by atoms with Crippen LogP contribution < -0.4 is 4.74 Å². The maximum atomic E-state index is 12.2. The fraction of sp³-hybridized carbons (Fsp3) is 0.588. The fourth-order valence-electron chi connectivity index (χ4n) is 3.33. The molecule has 0 spiro atoms. The van der Waals surface area contributed by atoms with E-state index in [-0.39, 0.29) is 11.5 Å². The summed E-state index contributed by atoms with van der Waals surface area (Å²) in [6.45, 7) is 7.25. The van der Waals surface area contributed by atoms with E-state index in [1.165, 1.54) is 5.56 Å². The van der Waals surface area contributed by atoms with Crippen LogP contribution in [0.25, 0.3) is 0 Å². The minimum atomic E-state index is -0.438. The summed E-state index contributed by atoms with van der Waals surface area (Å²) in [5.74, 6) is 1.43. The number of hydrogen-bond acceptors (Lipinski definition) is 3. The van der Waals surface area contributed by atoms with E-state index in [1.54, 1.807) is 7.11 Å². The summed E-state index contributed by atoms with van der Waals surface area (Å²) >= 11 is 0. The summed E-state index contributed by atoms with van der Waals surface area (Å²) < 4.78 is 10.8. The van der Waals surface area contributed by atoms with Crippen LogP contribution in [0.3, 0.4) is 0 Å². The van der Waals surface area contributed by atoms with Crippen LogP contribution in [0.2, 0.25) is 0 Å². The topological polar surface area (TPSA) is 38.8 Å². The number of carbonyl (C=O) groups is 1. The van der Waals surface area contributed by atoms with Crippen molar-refractivity contribution in [1.29, 1.82) is 0 Å². The molecule has 2 aliphatic rings. The van der Waals surface area contributed by atoms with Crippen molar-refractivity contribution >= 4 is 6.09 Å². The number of piperidine rings is 1. The Morgan fingerprint density at radius 1 is 1.38 bits per heavy atom. The molecule has 3 rings (SSSR count). The van der Waals surface area contributed by atoms with Crippen molar-refractivity contribution in [2.45, 2.75) is 38.2 Å². The fourth-order valence-corrected chi connectivity index (χ4v) is 3.33. The van der Waals surface area contributed by atoms with Crippen LogP contribution in [-0.4, -0.2) is 36.8 Å². The lowest BCUT2D eigenvalue weighted by Crippen LogP contribution is -2.37. The molecule has 1 saturated heterocycles. The number of methoxy groups -OCH3 is 1. The lowest BCUT2D eigenvalue weighted by atomic mass is 9.95. The lowest BCUT2D eigenvalue weighted by molar-refractivity contribution is 0.0270. The molecule has 1 aliphatic heterocycles.